The molecule has 0 aliphatic carbocycles. The van der Waals surface area contributed by atoms with Gasteiger partial charge in [-0.3, -0.25) is 9.62 Å². The number of benzene rings is 1. The lowest BCUT2D eigenvalue weighted by molar-refractivity contribution is 0.319. The first-order chi connectivity index (χ1) is 15.2. The lowest BCUT2D eigenvalue weighted by atomic mass is 10.1. The SMILES string of the molecule is Cc1cc(S(=O)(=O)Nc2cscn2)ncc1N(C)[C@H]1CCN(Cc2cc(F)ccc2F)C1. The van der Waals surface area contributed by atoms with E-state index in [2.05, 4.69) is 24.5 Å². The van der Waals surface area contributed by atoms with Gasteiger partial charge in [0.25, 0.3) is 10.0 Å². The monoisotopic (exact) mass is 479 g/mol. The van der Waals surface area contributed by atoms with Gasteiger partial charge in [0.2, 0.25) is 0 Å². The van der Waals surface area contributed by atoms with E-state index in [0.717, 1.165) is 36.3 Å². The van der Waals surface area contributed by atoms with Crippen molar-refractivity contribution in [2.75, 3.05) is 29.8 Å². The number of sulfonamides is 1. The third-order valence-corrected chi connectivity index (χ3v) is 7.42. The molecule has 3 heterocycles. The maximum absolute atomic E-state index is 14.0. The van der Waals surface area contributed by atoms with Gasteiger partial charge in [0.1, 0.15) is 11.6 Å². The molecule has 1 aliphatic rings. The second-order valence-corrected chi connectivity index (χ2v) is 10.2. The number of thiazole rings is 1. The highest BCUT2D eigenvalue weighted by molar-refractivity contribution is 7.92. The first-order valence-corrected chi connectivity index (χ1v) is 12.4. The molecule has 0 saturated carbocycles. The molecule has 0 unspecified atom stereocenters. The van der Waals surface area contributed by atoms with Crippen LogP contribution in [0.15, 0.2) is 46.4 Å². The normalized spacial score (nSPS) is 16.9. The van der Waals surface area contributed by atoms with Crippen LogP contribution >= 0.6 is 11.3 Å². The maximum Gasteiger partial charge on any atom is 0.280 e. The van der Waals surface area contributed by atoms with Crippen molar-refractivity contribution in [2.45, 2.75) is 31.0 Å². The number of likely N-dealkylation sites (N-methyl/N-ethyl adjacent to an activating group) is 1. The molecule has 1 saturated heterocycles. The minimum Gasteiger partial charge on any atom is -0.369 e. The second kappa shape index (κ2) is 9.08. The molecule has 0 spiro atoms. The summed E-state index contributed by atoms with van der Waals surface area (Å²) in [6.45, 7) is 3.60. The van der Waals surface area contributed by atoms with Crippen molar-refractivity contribution in [3.63, 3.8) is 0 Å². The minimum absolute atomic E-state index is 0.0743. The van der Waals surface area contributed by atoms with Crippen molar-refractivity contribution in [3.8, 4) is 0 Å². The van der Waals surface area contributed by atoms with Gasteiger partial charge in [-0.2, -0.15) is 8.42 Å². The molecule has 0 amide bonds. The summed E-state index contributed by atoms with van der Waals surface area (Å²) in [6, 6.07) is 5.18. The summed E-state index contributed by atoms with van der Waals surface area (Å²) < 4.78 is 55.0. The van der Waals surface area contributed by atoms with Gasteiger partial charge >= 0.3 is 0 Å². The molecule has 1 fully saturated rings. The fourth-order valence-corrected chi connectivity index (χ4v) is 5.44. The molecular weight excluding hydrogens is 456 g/mol. The summed E-state index contributed by atoms with van der Waals surface area (Å²) in [4.78, 5) is 12.3. The summed E-state index contributed by atoms with van der Waals surface area (Å²) in [5.41, 5.74) is 3.48. The van der Waals surface area contributed by atoms with Crippen molar-refractivity contribution < 1.29 is 17.2 Å². The molecule has 3 aromatic rings. The molecular formula is C21H23F2N5O2S2. The molecule has 1 aromatic carbocycles. The second-order valence-electron chi connectivity index (χ2n) is 7.81. The van der Waals surface area contributed by atoms with E-state index in [1.165, 1.54) is 23.5 Å². The Hall–Kier alpha value is -2.63. The standard InChI is InChI=1S/C21H23F2N5O2S2/c1-14-7-21(32(29,30)26-20-12-31-13-25-20)24-9-19(14)27(2)17-5-6-28(11-17)10-15-8-16(22)3-4-18(15)23/h3-4,7-9,12-13,17,26H,5-6,10-11H2,1-2H3/t17-/m0/s1. The zero-order chi connectivity index (χ0) is 22.9. The lowest BCUT2D eigenvalue weighted by Gasteiger charge is -2.28. The van der Waals surface area contributed by atoms with Crippen molar-refractivity contribution in [2.24, 2.45) is 0 Å². The highest BCUT2D eigenvalue weighted by atomic mass is 32.2. The summed E-state index contributed by atoms with van der Waals surface area (Å²) >= 11 is 1.29. The van der Waals surface area contributed by atoms with E-state index >= 15 is 0 Å². The lowest BCUT2D eigenvalue weighted by Crippen LogP contribution is -2.35. The fraction of sp³-hybridized carbons (Fsp3) is 0.333. The van der Waals surface area contributed by atoms with E-state index in [-0.39, 0.29) is 16.9 Å². The van der Waals surface area contributed by atoms with E-state index < -0.39 is 21.7 Å². The van der Waals surface area contributed by atoms with Gasteiger partial charge < -0.3 is 4.90 Å². The van der Waals surface area contributed by atoms with E-state index in [9.17, 15) is 17.2 Å². The van der Waals surface area contributed by atoms with Gasteiger partial charge in [-0.05, 0) is 43.2 Å². The number of likely N-dealkylation sites (tertiary alicyclic amines) is 1. The molecule has 1 N–H and O–H groups in total. The number of nitrogens with zero attached hydrogens (tertiary/aromatic N) is 4. The van der Waals surface area contributed by atoms with Crippen molar-refractivity contribution in [3.05, 3.63) is 64.1 Å². The van der Waals surface area contributed by atoms with Gasteiger partial charge in [0.15, 0.2) is 10.8 Å². The van der Waals surface area contributed by atoms with E-state index in [1.54, 1.807) is 17.1 Å². The number of hydrogen-bond acceptors (Lipinski definition) is 7. The topological polar surface area (TPSA) is 78.4 Å². The third-order valence-electron chi connectivity index (χ3n) is 5.58. The molecule has 170 valence electrons. The molecule has 0 bridgehead atoms. The molecule has 1 atom stereocenters. The van der Waals surface area contributed by atoms with Crippen LogP contribution in [0, 0.1) is 18.6 Å². The predicted octanol–water partition coefficient (Wildman–Crippen LogP) is 3.64. The maximum atomic E-state index is 14.0. The number of aryl methyl sites for hydroxylation is 1. The third kappa shape index (κ3) is 4.89. The number of hydrogen-bond donors (Lipinski definition) is 1. The predicted molar refractivity (Wildman–Crippen MR) is 120 cm³/mol. The summed E-state index contributed by atoms with van der Waals surface area (Å²) in [7, 11) is -1.89. The Kier molecular flexibility index (Phi) is 6.40. The molecule has 32 heavy (non-hydrogen) atoms. The largest absolute Gasteiger partial charge is 0.369 e. The Balaban J connectivity index is 1.44. The van der Waals surface area contributed by atoms with Crippen LogP contribution in [0.3, 0.4) is 0 Å². The Bertz CT molecular complexity index is 1200. The molecule has 1 aliphatic heterocycles. The van der Waals surface area contributed by atoms with Gasteiger partial charge in [0.05, 0.1) is 17.4 Å². The van der Waals surface area contributed by atoms with Crippen LogP contribution < -0.4 is 9.62 Å². The molecule has 4 rings (SSSR count). The highest BCUT2D eigenvalue weighted by Crippen LogP contribution is 2.27. The zero-order valence-corrected chi connectivity index (χ0v) is 19.3. The van der Waals surface area contributed by atoms with Crippen molar-refractivity contribution in [1.82, 2.24) is 14.9 Å². The Morgan fingerprint density at radius 3 is 2.81 bits per heavy atom. The molecule has 0 radical (unpaired) electrons. The van der Waals surface area contributed by atoms with Gasteiger partial charge in [-0.1, -0.05) is 0 Å². The van der Waals surface area contributed by atoms with Gasteiger partial charge in [-0.15, -0.1) is 11.3 Å². The summed E-state index contributed by atoms with van der Waals surface area (Å²) in [5.74, 6) is -0.599. The quantitative estimate of drug-likeness (QED) is 0.558. The Morgan fingerprint density at radius 2 is 2.09 bits per heavy atom. The van der Waals surface area contributed by atoms with Gasteiger partial charge in [0, 0.05) is 43.7 Å². The Morgan fingerprint density at radius 1 is 1.28 bits per heavy atom. The number of anilines is 2. The highest BCUT2D eigenvalue weighted by Gasteiger charge is 2.28. The molecule has 2 aromatic heterocycles. The number of halogens is 2. The number of nitrogens with one attached hydrogen (secondary N) is 1. The smallest absolute Gasteiger partial charge is 0.280 e. The average molecular weight is 480 g/mol. The number of aromatic nitrogens is 2. The fourth-order valence-electron chi connectivity index (χ4n) is 3.87. The first-order valence-electron chi connectivity index (χ1n) is 10.00. The van der Waals surface area contributed by atoms with Crippen LogP contribution in [0.5, 0.6) is 0 Å². The summed E-state index contributed by atoms with van der Waals surface area (Å²) in [5, 5.41) is 1.53. The van der Waals surface area contributed by atoms with Crippen LogP contribution in [-0.2, 0) is 16.6 Å². The average Bonchev–Trinajstić information content (AvgIpc) is 3.42. The van der Waals surface area contributed by atoms with Gasteiger partial charge in [-0.25, -0.2) is 18.7 Å². The number of rotatable bonds is 7. The van der Waals surface area contributed by atoms with Crippen molar-refractivity contribution in [1.29, 1.82) is 0 Å². The Labute approximate surface area is 189 Å². The van der Waals surface area contributed by atoms with Crippen LogP contribution in [-0.4, -0.2) is 49.5 Å². The van der Waals surface area contributed by atoms with E-state index in [1.807, 2.05) is 14.0 Å². The minimum atomic E-state index is -3.83. The zero-order valence-electron chi connectivity index (χ0n) is 17.6. The summed E-state index contributed by atoms with van der Waals surface area (Å²) in [6.07, 6.45) is 2.40. The molecule has 7 nitrogen and oxygen atoms in total. The van der Waals surface area contributed by atoms with Crippen LogP contribution in [0.2, 0.25) is 0 Å². The van der Waals surface area contributed by atoms with E-state index in [0.29, 0.717) is 18.7 Å². The van der Waals surface area contributed by atoms with Crippen molar-refractivity contribution >= 4 is 32.9 Å². The first kappa shape index (κ1) is 22.6. The number of pyridine rings is 1. The van der Waals surface area contributed by atoms with Crippen LogP contribution in [0.25, 0.3) is 0 Å². The van der Waals surface area contributed by atoms with Crippen LogP contribution in [0.4, 0.5) is 20.3 Å². The molecule has 11 heteroatoms. The van der Waals surface area contributed by atoms with Crippen LogP contribution in [0.1, 0.15) is 17.5 Å². The van der Waals surface area contributed by atoms with E-state index in [4.69, 9.17) is 0 Å².